The van der Waals surface area contributed by atoms with Gasteiger partial charge in [0.15, 0.2) is 0 Å². The van der Waals surface area contributed by atoms with Gasteiger partial charge in [-0.2, -0.15) is 13.2 Å². The third kappa shape index (κ3) is 2.58. The molecule has 1 rings (SSSR count). The van der Waals surface area contributed by atoms with E-state index in [0.717, 1.165) is 12.1 Å². The number of alkyl halides is 3. The molecule has 0 aliphatic heterocycles. The van der Waals surface area contributed by atoms with E-state index < -0.39 is 23.2 Å². The molecule has 1 unspecified atom stereocenters. The Morgan fingerprint density at radius 2 is 1.58 bits per heavy atom. The van der Waals surface area contributed by atoms with E-state index in [4.69, 9.17) is 20.3 Å². The lowest BCUT2D eigenvalue weighted by Crippen LogP contribution is -2.56. The average molecular weight is 279 g/mol. The quantitative estimate of drug-likeness (QED) is 0.873. The zero-order valence-corrected chi connectivity index (χ0v) is 10.1. The van der Waals surface area contributed by atoms with Gasteiger partial charge in [0.2, 0.25) is 5.54 Å². The third-order valence-corrected chi connectivity index (χ3v) is 2.59. The molecule has 19 heavy (non-hydrogen) atoms. The van der Waals surface area contributed by atoms with E-state index in [0.29, 0.717) is 0 Å². The summed E-state index contributed by atoms with van der Waals surface area (Å²) in [6.07, 6.45) is -5.17. The number of carboxylic acid groups (broad SMARTS) is 1. The second kappa shape index (κ2) is 4.96. The molecular formula is C11H12F3NO4. The molecule has 1 atom stereocenters. The molecule has 0 amide bonds. The number of hydrogen-bond acceptors (Lipinski definition) is 4. The average Bonchev–Trinajstić information content (AvgIpc) is 2.35. The second-order valence-electron chi connectivity index (χ2n) is 3.71. The fraction of sp³-hybridized carbons (Fsp3) is 0.364. The summed E-state index contributed by atoms with van der Waals surface area (Å²) in [6, 6.07) is 3.12. The maximum atomic E-state index is 12.9. The van der Waals surface area contributed by atoms with E-state index in [-0.39, 0.29) is 11.5 Å². The molecule has 0 aliphatic rings. The van der Waals surface area contributed by atoms with Crippen LogP contribution in [0.2, 0.25) is 0 Å². The lowest BCUT2D eigenvalue weighted by Gasteiger charge is -2.28. The van der Waals surface area contributed by atoms with Crippen molar-refractivity contribution >= 4 is 5.97 Å². The Kier molecular flexibility index (Phi) is 3.94. The van der Waals surface area contributed by atoms with Crippen molar-refractivity contribution in [2.75, 3.05) is 14.2 Å². The van der Waals surface area contributed by atoms with Gasteiger partial charge in [0.1, 0.15) is 11.5 Å². The van der Waals surface area contributed by atoms with Crippen LogP contribution in [0.15, 0.2) is 18.2 Å². The van der Waals surface area contributed by atoms with E-state index in [2.05, 4.69) is 0 Å². The number of nitrogens with two attached hydrogens (primary N) is 1. The van der Waals surface area contributed by atoms with Crippen LogP contribution in [0, 0.1) is 0 Å². The van der Waals surface area contributed by atoms with Gasteiger partial charge in [0, 0.05) is 6.07 Å². The van der Waals surface area contributed by atoms with Crippen LogP contribution in [-0.2, 0) is 10.3 Å². The minimum Gasteiger partial charge on any atom is -0.497 e. The highest BCUT2D eigenvalue weighted by atomic mass is 19.4. The van der Waals surface area contributed by atoms with Crippen LogP contribution < -0.4 is 15.2 Å². The van der Waals surface area contributed by atoms with Crippen molar-refractivity contribution in [2.24, 2.45) is 5.73 Å². The van der Waals surface area contributed by atoms with E-state index >= 15 is 0 Å². The van der Waals surface area contributed by atoms with Gasteiger partial charge in [-0.15, -0.1) is 0 Å². The number of carboxylic acids is 1. The van der Waals surface area contributed by atoms with Crippen molar-refractivity contribution in [3.8, 4) is 11.5 Å². The summed E-state index contributed by atoms with van der Waals surface area (Å²) < 4.78 is 48.4. The molecule has 0 spiro atoms. The highest BCUT2D eigenvalue weighted by Gasteiger charge is 2.59. The molecule has 0 saturated heterocycles. The first-order valence-electron chi connectivity index (χ1n) is 4.99. The summed E-state index contributed by atoms with van der Waals surface area (Å²) in [5.41, 5.74) is 0.841. The van der Waals surface area contributed by atoms with Crippen molar-refractivity contribution in [1.29, 1.82) is 0 Å². The topological polar surface area (TPSA) is 81.8 Å². The minimum absolute atomic E-state index is 0.00896. The summed E-state index contributed by atoms with van der Waals surface area (Å²) in [4.78, 5) is 10.9. The largest absolute Gasteiger partial charge is 0.497 e. The van der Waals surface area contributed by atoms with E-state index in [1.165, 1.54) is 20.3 Å². The summed E-state index contributed by atoms with van der Waals surface area (Å²) in [5.74, 6) is -2.19. The van der Waals surface area contributed by atoms with Gasteiger partial charge in [0.05, 0.1) is 14.2 Å². The number of rotatable bonds is 4. The molecule has 1 aromatic rings. The fourth-order valence-electron chi connectivity index (χ4n) is 1.44. The van der Waals surface area contributed by atoms with Crippen molar-refractivity contribution in [3.05, 3.63) is 23.8 Å². The van der Waals surface area contributed by atoms with Gasteiger partial charge >= 0.3 is 12.1 Å². The summed E-state index contributed by atoms with van der Waals surface area (Å²) in [6.45, 7) is 0. The SMILES string of the molecule is COc1cc(OC)cc(C(N)(C(=O)O)C(F)(F)F)c1. The van der Waals surface area contributed by atoms with Crippen molar-refractivity contribution in [3.63, 3.8) is 0 Å². The number of carbonyl (C=O) groups is 1. The van der Waals surface area contributed by atoms with E-state index in [1.807, 2.05) is 0 Å². The van der Waals surface area contributed by atoms with Crippen LogP contribution in [-0.4, -0.2) is 31.5 Å². The van der Waals surface area contributed by atoms with Crippen LogP contribution in [0.25, 0.3) is 0 Å². The third-order valence-electron chi connectivity index (χ3n) is 2.59. The fourth-order valence-corrected chi connectivity index (χ4v) is 1.44. The maximum Gasteiger partial charge on any atom is 0.421 e. The molecule has 5 nitrogen and oxygen atoms in total. The molecule has 1 aromatic carbocycles. The van der Waals surface area contributed by atoms with Gasteiger partial charge in [-0.05, 0) is 17.7 Å². The zero-order chi connectivity index (χ0) is 14.8. The molecule has 0 aliphatic carbocycles. The molecule has 0 aromatic heterocycles. The predicted molar refractivity (Wildman–Crippen MR) is 59.1 cm³/mol. The summed E-state index contributed by atoms with van der Waals surface area (Å²) >= 11 is 0. The second-order valence-corrected chi connectivity index (χ2v) is 3.71. The molecule has 0 bridgehead atoms. The van der Waals surface area contributed by atoms with Crippen molar-refractivity contribution < 1.29 is 32.5 Å². The number of ether oxygens (including phenoxy) is 2. The van der Waals surface area contributed by atoms with Gasteiger partial charge < -0.3 is 20.3 Å². The highest BCUT2D eigenvalue weighted by Crippen LogP contribution is 2.39. The number of halogens is 3. The standard InChI is InChI=1S/C11H12F3NO4/c1-18-7-3-6(4-8(5-7)19-2)10(15,9(16)17)11(12,13)14/h3-5H,15H2,1-2H3,(H,16,17). The molecule has 8 heteroatoms. The highest BCUT2D eigenvalue weighted by molar-refractivity contribution is 5.82. The van der Waals surface area contributed by atoms with Crippen LogP contribution in [0.5, 0.6) is 11.5 Å². The smallest absolute Gasteiger partial charge is 0.421 e. The Labute approximate surface area is 106 Å². The van der Waals surface area contributed by atoms with Crippen LogP contribution in [0.1, 0.15) is 5.56 Å². The Morgan fingerprint density at radius 3 is 1.84 bits per heavy atom. The predicted octanol–water partition coefficient (Wildman–Crippen LogP) is 1.50. The van der Waals surface area contributed by atoms with Gasteiger partial charge in [-0.3, -0.25) is 0 Å². The van der Waals surface area contributed by atoms with Gasteiger partial charge in [0.25, 0.3) is 0 Å². The van der Waals surface area contributed by atoms with Gasteiger partial charge in [-0.25, -0.2) is 4.79 Å². The molecule has 106 valence electrons. The Bertz CT molecular complexity index is 467. The summed E-state index contributed by atoms with van der Waals surface area (Å²) in [7, 11) is 2.45. The first-order chi connectivity index (χ1) is 8.66. The Balaban J connectivity index is 3.52. The van der Waals surface area contributed by atoms with Crippen LogP contribution in [0.4, 0.5) is 13.2 Å². The lowest BCUT2D eigenvalue weighted by molar-refractivity contribution is -0.204. The number of benzene rings is 1. The normalized spacial score (nSPS) is 14.6. The Morgan fingerprint density at radius 1 is 1.16 bits per heavy atom. The Hall–Kier alpha value is -1.96. The minimum atomic E-state index is -5.17. The lowest BCUT2D eigenvalue weighted by atomic mass is 9.90. The molecule has 0 radical (unpaired) electrons. The van der Waals surface area contributed by atoms with E-state index in [1.54, 1.807) is 0 Å². The first-order valence-corrected chi connectivity index (χ1v) is 4.99. The molecule has 3 N–H and O–H groups in total. The number of hydrogen-bond donors (Lipinski definition) is 2. The molecule has 0 fully saturated rings. The maximum absolute atomic E-state index is 12.9. The molecule has 0 saturated carbocycles. The van der Waals surface area contributed by atoms with Gasteiger partial charge in [-0.1, -0.05) is 0 Å². The monoisotopic (exact) mass is 279 g/mol. The van der Waals surface area contributed by atoms with Crippen LogP contribution in [0.3, 0.4) is 0 Å². The molecule has 0 heterocycles. The van der Waals surface area contributed by atoms with Crippen LogP contribution >= 0.6 is 0 Å². The number of methoxy groups -OCH3 is 2. The van der Waals surface area contributed by atoms with Crippen molar-refractivity contribution in [1.82, 2.24) is 0 Å². The van der Waals surface area contributed by atoms with E-state index in [9.17, 15) is 18.0 Å². The zero-order valence-electron chi connectivity index (χ0n) is 10.1. The number of aliphatic carboxylic acids is 1. The first kappa shape index (κ1) is 15.1. The summed E-state index contributed by atoms with van der Waals surface area (Å²) in [5, 5.41) is 8.82. The molecular weight excluding hydrogens is 267 g/mol. The van der Waals surface area contributed by atoms with Crippen molar-refractivity contribution in [2.45, 2.75) is 11.7 Å².